The highest BCUT2D eigenvalue weighted by atomic mass is 16.3. The summed E-state index contributed by atoms with van der Waals surface area (Å²) in [5.74, 6) is 0.0179. The molecule has 0 saturated heterocycles. The van der Waals surface area contributed by atoms with Crippen LogP contribution >= 0.6 is 0 Å². The van der Waals surface area contributed by atoms with Gasteiger partial charge >= 0.3 is 11.4 Å². The first-order valence-electron chi connectivity index (χ1n) is 5.33. The minimum atomic E-state index is -0.682. The largest absolute Gasteiger partial charge is 0.508 e. The molecule has 0 unspecified atom stereocenters. The second-order valence-electron chi connectivity index (χ2n) is 3.92. The highest BCUT2D eigenvalue weighted by Gasteiger charge is 2.11. The number of aromatic nitrogens is 4. The number of imidazole rings is 1. The fourth-order valence-corrected chi connectivity index (χ4v) is 1.84. The van der Waals surface area contributed by atoms with E-state index >= 15 is 0 Å². The number of H-pyrrole nitrogens is 3. The Balaban J connectivity index is 2.41. The summed E-state index contributed by atoms with van der Waals surface area (Å²) in [5.41, 5.74) is -1.59. The van der Waals surface area contributed by atoms with E-state index in [4.69, 9.17) is 0 Å². The van der Waals surface area contributed by atoms with Crippen molar-refractivity contribution in [3.8, 4) is 11.4 Å². The maximum absolute atomic E-state index is 12.1. The monoisotopic (exact) mass is 260 g/mol. The van der Waals surface area contributed by atoms with Crippen LogP contribution in [0.25, 0.3) is 16.9 Å². The van der Waals surface area contributed by atoms with Crippen LogP contribution in [0.4, 0.5) is 0 Å². The predicted octanol–water partition coefficient (Wildman–Crippen LogP) is -0.599. The van der Waals surface area contributed by atoms with E-state index in [9.17, 15) is 19.5 Å². The Kier molecular flexibility index (Phi) is 2.18. The lowest BCUT2D eigenvalue weighted by atomic mass is 10.3. The number of phenolic OH excluding ortho intramolecular Hbond substituents is 1. The molecule has 0 fully saturated rings. The second kappa shape index (κ2) is 3.73. The van der Waals surface area contributed by atoms with E-state index < -0.39 is 16.9 Å². The fraction of sp³-hybridized carbons (Fsp3) is 0. The molecule has 0 spiro atoms. The second-order valence-corrected chi connectivity index (χ2v) is 3.92. The number of benzene rings is 1. The Morgan fingerprint density at radius 2 is 1.63 bits per heavy atom. The minimum Gasteiger partial charge on any atom is -0.508 e. The van der Waals surface area contributed by atoms with Gasteiger partial charge in [0.25, 0.3) is 5.56 Å². The molecule has 4 N–H and O–H groups in total. The molecule has 3 aromatic rings. The Labute approximate surface area is 104 Å². The Hall–Kier alpha value is -3.03. The van der Waals surface area contributed by atoms with Gasteiger partial charge in [0.15, 0.2) is 5.52 Å². The quantitative estimate of drug-likeness (QED) is 0.466. The SMILES string of the molecule is O=c1[nH]c2[nH]c(=O)n(-c3ccc(O)cc3)c(=O)c2[nH]1. The molecule has 0 aliphatic heterocycles. The summed E-state index contributed by atoms with van der Waals surface area (Å²) >= 11 is 0. The van der Waals surface area contributed by atoms with Crippen molar-refractivity contribution in [1.29, 1.82) is 0 Å². The summed E-state index contributed by atoms with van der Waals surface area (Å²) in [7, 11) is 0. The van der Waals surface area contributed by atoms with Crippen molar-refractivity contribution in [3.63, 3.8) is 0 Å². The first kappa shape index (κ1) is 11.1. The predicted molar refractivity (Wildman–Crippen MR) is 66.8 cm³/mol. The van der Waals surface area contributed by atoms with E-state index in [1.165, 1.54) is 24.3 Å². The number of hydrogen-bond donors (Lipinski definition) is 4. The highest BCUT2D eigenvalue weighted by molar-refractivity contribution is 5.68. The van der Waals surface area contributed by atoms with Gasteiger partial charge in [-0.2, -0.15) is 0 Å². The van der Waals surface area contributed by atoms with Crippen molar-refractivity contribution in [2.45, 2.75) is 0 Å². The van der Waals surface area contributed by atoms with Crippen LogP contribution in [0.1, 0.15) is 0 Å². The van der Waals surface area contributed by atoms with Crippen LogP contribution in [0.5, 0.6) is 5.75 Å². The normalized spacial score (nSPS) is 10.9. The van der Waals surface area contributed by atoms with Gasteiger partial charge in [-0.05, 0) is 24.3 Å². The van der Waals surface area contributed by atoms with Gasteiger partial charge in [-0.25, -0.2) is 14.2 Å². The molecule has 2 aromatic heterocycles. The molecule has 0 amide bonds. The third kappa shape index (κ3) is 1.66. The first-order valence-corrected chi connectivity index (χ1v) is 5.33. The molecule has 0 aliphatic rings. The molecule has 0 saturated carbocycles. The lowest BCUT2D eigenvalue weighted by Gasteiger charge is -2.04. The number of aromatic hydroxyl groups is 1. The van der Waals surface area contributed by atoms with Crippen molar-refractivity contribution >= 4 is 11.2 Å². The molecule has 8 heteroatoms. The lowest BCUT2D eigenvalue weighted by Crippen LogP contribution is -2.33. The lowest BCUT2D eigenvalue weighted by molar-refractivity contribution is 0.475. The number of nitrogens with zero attached hydrogens (tertiary/aromatic N) is 1. The molecule has 0 radical (unpaired) electrons. The van der Waals surface area contributed by atoms with Crippen molar-refractivity contribution in [2.24, 2.45) is 0 Å². The molecule has 0 bridgehead atoms. The van der Waals surface area contributed by atoms with E-state index in [0.717, 1.165) is 4.57 Å². The van der Waals surface area contributed by atoms with E-state index in [2.05, 4.69) is 15.0 Å². The maximum atomic E-state index is 12.1. The smallest absolute Gasteiger partial charge is 0.334 e. The van der Waals surface area contributed by atoms with Crippen molar-refractivity contribution in [3.05, 3.63) is 55.6 Å². The van der Waals surface area contributed by atoms with Gasteiger partial charge in [-0.1, -0.05) is 0 Å². The van der Waals surface area contributed by atoms with Crippen LogP contribution < -0.4 is 16.9 Å². The minimum absolute atomic E-state index is 0.0160. The molecular formula is C11H8N4O4. The number of nitrogens with one attached hydrogen (secondary N) is 3. The molecule has 1 aromatic carbocycles. The van der Waals surface area contributed by atoms with Gasteiger partial charge in [0.05, 0.1) is 5.69 Å². The molecule has 19 heavy (non-hydrogen) atoms. The topological polar surface area (TPSA) is 124 Å². The summed E-state index contributed by atoms with van der Waals surface area (Å²) in [6.45, 7) is 0. The number of hydrogen-bond acceptors (Lipinski definition) is 4. The standard InChI is InChI=1S/C11H8N4O4/c16-6-3-1-5(2-4-6)15-9(17)7-8(14-11(15)19)13-10(18)12-7/h1-4,16H,(H,14,19)(H2,12,13,18). The summed E-state index contributed by atoms with van der Waals surface area (Å²) in [6.07, 6.45) is 0. The molecule has 96 valence electrons. The number of fused-ring (bicyclic) bond motifs is 1. The summed E-state index contributed by atoms with van der Waals surface area (Å²) in [4.78, 5) is 42.1. The van der Waals surface area contributed by atoms with Gasteiger partial charge in [0, 0.05) is 0 Å². The molecule has 0 aliphatic carbocycles. The van der Waals surface area contributed by atoms with Crippen LogP contribution in [-0.4, -0.2) is 24.6 Å². The highest BCUT2D eigenvalue weighted by Crippen LogP contribution is 2.11. The Morgan fingerprint density at radius 1 is 0.947 bits per heavy atom. The van der Waals surface area contributed by atoms with E-state index in [0.29, 0.717) is 0 Å². The summed E-state index contributed by atoms with van der Waals surface area (Å²) in [5, 5.41) is 9.19. The van der Waals surface area contributed by atoms with Gasteiger partial charge in [-0.15, -0.1) is 0 Å². The molecule has 8 nitrogen and oxygen atoms in total. The molecule has 2 heterocycles. The molecule has 3 rings (SSSR count). The average Bonchev–Trinajstić information content (AvgIpc) is 2.72. The first-order chi connectivity index (χ1) is 9.06. The Bertz CT molecular complexity index is 926. The summed E-state index contributed by atoms with van der Waals surface area (Å²) < 4.78 is 0.867. The number of aromatic amines is 3. The van der Waals surface area contributed by atoms with Crippen molar-refractivity contribution < 1.29 is 5.11 Å². The third-order valence-corrected chi connectivity index (χ3v) is 2.69. The van der Waals surface area contributed by atoms with Gasteiger partial charge in [0.2, 0.25) is 0 Å². The van der Waals surface area contributed by atoms with Crippen molar-refractivity contribution in [2.75, 3.05) is 0 Å². The fourth-order valence-electron chi connectivity index (χ4n) is 1.84. The van der Waals surface area contributed by atoms with E-state index in [1.807, 2.05) is 0 Å². The van der Waals surface area contributed by atoms with E-state index in [1.54, 1.807) is 0 Å². The molecule has 0 atom stereocenters. The molecular weight excluding hydrogens is 252 g/mol. The van der Waals surface area contributed by atoms with Crippen LogP contribution in [-0.2, 0) is 0 Å². The van der Waals surface area contributed by atoms with Crippen LogP contribution in [0.3, 0.4) is 0 Å². The third-order valence-electron chi connectivity index (χ3n) is 2.69. The van der Waals surface area contributed by atoms with Crippen LogP contribution in [0, 0.1) is 0 Å². The van der Waals surface area contributed by atoms with Crippen LogP contribution in [0.15, 0.2) is 38.6 Å². The number of phenols is 1. The zero-order valence-electron chi connectivity index (χ0n) is 9.43. The zero-order valence-corrected chi connectivity index (χ0v) is 9.43. The Morgan fingerprint density at radius 3 is 2.32 bits per heavy atom. The van der Waals surface area contributed by atoms with Crippen LogP contribution in [0.2, 0.25) is 0 Å². The van der Waals surface area contributed by atoms with E-state index in [-0.39, 0.29) is 22.6 Å². The maximum Gasteiger partial charge on any atom is 0.334 e. The van der Waals surface area contributed by atoms with Gasteiger partial charge in [0.1, 0.15) is 11.4 Å². The van der Waals surface area contributed by atoms with Gasteiger partial charge in [-0.3, -0.25) is 19.7 Å². The number of rotatable bonds is 1. The van der Waals surface area contributed by atoms with Gasteiger partial charge < -0.3 is 5.11 Å². The average molecular weight is 260 g/mol. The summed E-state index contributed by atoms with van der Waals surface area (Å²) in [6, 6.07) is 5.54. The zero-order chi connectivity index (χ0) is 13.6. The van der Waals surface area contributed by atoms with Crippen molar-refractivity contribution in [1.82, 2.24) is 19.5 Å².